The van der Waals surface area contributed by atoms with E-state index >= 15 is 0 Å². The van der Waals surface area contributed by atoms with Crippen molar-refractivity contribution >= 4 is 56.2 Å². The van der Waals surface area contributed by atoms with E-state index in [1.807, 2.05) is 0 Å². The molecule has 0 radical (unpaired) electrons. The maximum atomic E-state index is 9.83. The first-order chi connectivity index (χ1) is 3.06. The van der Waals surface area contributed by atoms with E-state index in [9.17, 15) is 4.57 Å². The maximum absolute atomic E-state index is 9.83. The lowest BCUT2D eigenvalue weighted by Crippen LogP contribution is -1.98. The van der Waals surface area contributed by atoms with Crippen molar-refractivity contribution in [1.29, 1.82) is 0 Å². The molecule has 0 aliphatic heterocycles. The molecule has 0 N–H and O–H groups in total. The van der Waals surface area contributed by atoms with Crippen LogP contribution in [0.3, 0.4) is 0 Å². The fourth-order valence-corrected chi connectivity index (χ4v) is 1.14. The Hall–Kier alpha value is 1.54. The molecule has 0 aliphatic carbocycles. The van der Waals surface area contributed by atoms with Gasteiger partial charge >= 0.3 is 0 Å². The summed E-state index contributed by atoms with van der Waals surface area (Å²) in [4.78, 5) is 0. The first-order valence-corrected chi connectivity index (χ1v) is 4.80. The summed E-state index contributed by atoms with van der Waals surface area (Å²) in [5.74, 6) is 0. The third-order valence-corrected chi connectivity index (χ3v) is 2.99. The van der Waals surface area contributed by atoms with Gasteiger partial charge in [-0.3, -0.25) is 4.57 Å². The van der Waals surface area contributed by atoms with Crippen LogP contribution in [0.15, 0.2) is 0 Å². The Labute approximate surface area is 68.8 Å². The summed E-state index contributed by atoms with van der Waals surface area (Å²) in [5, 5.41) is 0. The zero-order valence-electron chi connectivity index (χ0n) is 3.20. The number of halogens is 3. The molecular weight excluding hydrogens is 311 g/mol. The zero-order chi connectivity index (χ0) is 5.91. The number of rotatable bonds is 1. The van der Waals surface area contributed by atoms with Crippen molar-refractivity contribution in [2.24, 2.45) is 0 Å². The van der Waals surface area contributed by atoms with Crippen molar-refractivity contribution in [3.63, 3.8) is 0 Å². The molecule has 0 saturated heterocycles. The highest BCUT2D eigenvalue weighted by atomic mass is 80.0. The van der Waals surface area contributed by atoms with E-state index in [0.29, 0.717) is 6.16 Å². The van der Waals surface area contributed by atoms with Gasteiger partial charge in [-0.2, -0.15) is 0 Å². The van der Waals surface area contributed by atoms with Crippen LogP contribution >= 0.6 is 56.2 Å². The Kier molecular flexibility index (Phi) is 4.32. The molecule has 0 saturated carbocycles. The SMILES string of the molecule is O=PCC(Br)(Br)Br. The minimum absolute atomic E-state index is 0.118. The van der Waals surface area contributed by atoms with E-state index in [1.165, 1.54) is 0 Å². The summed E-state index contributed by atoms with van der Waals surface area (Å²) in [6, 6.07) is 0. The summed E-state index contributed by atoms with van der Waals surface area (Å²) >= 11 is 9.50. The van der Waals surface area contributed by atoms with Crippen LogP contribution < -0.4 is 0 Å². The van der Waals surface area contributed by atoms with Gasteiger partial charge in [0.1, 0.15) is 2.14 Å². The highest BCUT2D eigenvalue weighted by molar-refractivity contribution is 9.39. The van der Waals surface area contributed by atoms with Crippen LogP contribution in [0.25, 0.3) is 0 Å². The van der Waals surface area contributed by atoms with E-state index in [4.69, 9.17) is 0 Å². The zero-order valence-corrected chi connectivity index (χ0v) is 8.85. The summed E-state index contributed by atoms with van der Waals surface area (Å²) in [6.45, 7) is 0. The van der Waals surface area contributed by atoms with Crippen LogP contribution in [0.4, 0.5) is 0 Å². The van der Waals surface area contributed by atoms with E-state index < -0.39 is 0 Å². The second-order valence-electron chi connectivity index (χ2n) is 0.902. The quantitative estimate of drug-likeness (QED) is 0.537. The summed E-state index contributed by atoms with van der Waals surface area (Å²) in [7, 11) is 0.118. The Morgan fingerprint density at radius 2 is 1.86 bits per heavy atom. The third kappa shape index (κ3) is 7.54. The van der Waals surface area contributed by atoms with E-state index in [-0.39, 0.29) is 10.6 Å². The van der Waals surface area contributed by atoms with Crippen molar-refractivity contribution in [3.05, 3.63) is 0 Å². The lowest BCUT2D eigenvalue weighted by atomic mass is 11.0. The lowest BCUT2D eigenvalue weighted by molar-refractivity contribution is 0.599. The van der Waals surface area contributed by atoms with Crippen molar-refractivity contribution in [2.45, 2.75) is 2.14 Å². The minimum Gasteiger partial charge on any atom is -0.275 e. The summed E-state index contributed by atoms with van der Waals surface area (Å²) < 4.78 is 9.49. The average Bonchev–Trinajstić information content (AvgIpc) is 1.30. The molecule has 5 heteroatoms. The predicted molar refractivity (Wildman–Crippen MR) is 42.0 cm³/mol. The largest absolute Gasteiger partial charge is 0.275 e. The molecule has 1 nitrogen and oxygen atoms in total. The fraction of sp³-hybridized carbons (Fsp3) is 1.00. The van der Waals surface area contributed by atoms with E-state index in [0.717, 1.165) is 0 Å². The molecule has 42 valence electrons. The van der Waals surface area contributed by atoms with Gasteiger partial charge in [0.05, 0.1) is 6.16 Å². The van der Waals surface area contributed by atoms with Crippen LogP contribution in [-0.2, 0) is 4.57 Å². The monoisotopic (exact) mass is 310 g/mol. The topological polar surface area (TPSA) is 17.1 Å². The van der Waals surface area contributed by atoms with Crippen LogP contribution in [0.1, 0.15) is 0 Å². The summed E-state index contributed by atoms with van der Waals surface area (Å²) in [5.41, 5.74) is 0. The van der Waals surface area contributed by atoms with Gasteiger partial charge in [0.25, 0.3) is 0 Å². The maximum Gasteiger partial charge on any atom is 0.158 e. The standard InChI is InChI=1S/C2H2Br3OP/c3-2(4,5)1-7-6/h1H2. The molecule has 0 heterocycles. The molecule has 0 spiro atoms. The van der Waals surface area contributed by atoms with Gasteiger partial charge in [0, 0.05) is 0 Å². The van der Waals surface area contributed by atoms with Crippen molar-refractivity contribution in [2.75, 3.05) is 6.16 Å². The molecule has 0 atom stereocenters. The van der Waals surface area contributed by atoms with Crippen LogP contribution in [0.2, 0.25) is 0 Å². The average molecular weight is 313 g/mol. The molecule has 0 rings (SSSR count). The Morgan fingerprint density at radius 3 is 1.86 bits per heavy atom. The molecule has 0 aliphatic rings. The lowest BCUT2D eigenvalue weighted by Gasteiger charge is -2.02. The van der Waals surface area contributed by atoms with Gasteiger partial charge in [-0.15, -0.1) is 0 Å². The van der Waals surface area contributed by atoms with Crippen LogP contribution in [0.5, 0.6) is 0 Å². The third-order valence-electron chi connectivity index (χ3n) is 0.244. The van der Waals surface area contributed by atoms with Gasteiger partial charge in [-0.05, 0) is 0 Å². The Bertz CT molecular complexity index is 67.8. The van der Waals surface area contributed by atoms with Crippen LogP contribution in [0, 0.1) is 0 Å². The predicted octanol–water partition coefficient (Wildman–Crippen LogP) is 3.12. The van der Waals surface area contributed by atoms with E-state index in [1.54, 1.807) is 0 Å². The molecule has 7 heavy (non-hydrogen) atoms. The second kappa shape index (κ2) is 3.54. The highest BCUT2D eigenvalue weighted by Gasteiger charge is 2.16. The van der Waals surface area contributed by atoms with Gasteiger partial charge in [0.2, 0.25) is 0 Å². The second-order valence-corrected chi connectivity index (χ2v) is 8.73. The molecule has 0 bridgehead atoms. The Balaban J connectivity index is 3.34. The normalized spacial score (nSPS) is 12.4. The summed E-state index contributed by atoms with van der Waals surface area (Å²) in [6.07, 6.45) is 0.507. The van der Waals surface area contributed by atoms with Gasteiger partial charge in [-0.25, -0.2) is 0 Å². The minimum atomic E-state index is -0.337. The number of hydrogen-bond donors (Lipinski definition) is 0. The first kappa shape index (κ1) is 8.54. The van der Waals surface area contributed by atoms with Crippen molar-refractivity contribution < 1.29 is 4.57 Å². The molecular formula is C2H2Br3OP. The van der Waals surface area contributed by atoms with Gasteiger partial charge in [-0.1, -0.05) is 47.8 Å². The molecule has 0 amide bonds. The number of hydrogen-bond acceptors (Lipinski definition) is 1. The fourth-order valence-electron chi connectivity index (χ4n) is 0.0732. The van der Waals surface area contributed by atoms with Gasteiger partial charge in [0.15, 0.2) is 8.46 Å². The first-order valence-electron chi connectivity index (χ1n) is 1.42. The van der Waals surface area contributed by atoms with Crippen molar-refractivity contribution in [3.8, 4) is 0 Å². The molecule has 0 aromatic rings. The molecule has 0 aromatic heterocycles. The number of alkyl halides is 3. The smallest absolute Gasteiger partial charge is 0.158 e. The van der Waals surface area contributed by atoms with Gasteiger partial charge < -0.3 is 0 Å². The van der Waals surface area contributed by atoms with E-state index in [2.05, 4.69) is 47.8 Å². The molecule has 0 fully saturated rings. The van der Waals surface area contributed by atoms with Crippen molar-refractivity contribution in [1.82, 2.24) is 0 Å². The molecule has 0 aromatic carbocycles. The van der Waals surface area contributed by atoms with Crippen LogP contribution in [-0.4, -0.2) is 8.30 Å². The Morgan fingerprint density at radius 1 is 1.43 bits per heavy atom. The molecule has 0 unspecified atom stereocenters. The highest BCUT2D eigenvalue weighted by Crippen LogP contribution is 2.35.